The Labute approximate surface area is 126 Å². The van der Waals surface area contributed by atoms with Gasteiger partial charge in [0.1, 0.15) is 0 Å². The summed E-state index contributed by atoms with van der Waals surface area (Å²) in [6.07, 6.45) is 8.56. The molecule has 20 heavy (non-hydrogen) atoms. The van der Waals surface area contributed by atoms with Crippen molar-refractivity contribution in [1.82, 2.24) is 5.32 Å². The van der Waals surface area contributed by atoms with Crippen LogP contribution >= 0.6 is 0 Å². The van der Waals surface area contributed by atoms with E-state index in [2.05, 4.69) is 39.9 Å². The largest absolute Gasteiger partial charge is 0.377 e. The molecule has 2 heteroatoms. The SMILES string of the molecule is CCCC(C)CC1(CNC(C)(C)C)CCOC1C1CC1. The van der Waals surface area contributed by atoms with Gasteiger partial charge in [0.15, 0.2) is 0 Å². The third-order valence-corrected chi connectivity index (χ3v) is 5.06. The van der Waals surface area contributed by atoms with Crippen LogP contribution in [0.2, 0.25) is 0 Å². The molecule has 0 aromatic heterocycles. The molecule has 0 aromatic carbocycles. The van der Waals surface area contributed by atoms with Gasteiger partial charge < -0.3 is 10.1 Å². The molecule has 1 aliphatic heterocycles. The molecule has 1 saturated heterocycles. The van der Waals surface area contributed by atoms with Crippen molar-refractivity contribution >= 4 is 0 Å². The first kappa shape index (κ1) is 16.3. The molecule has 3 atom stereocenters. The summed E-state index contributed by atoms with van der Waals surface area (Å²) in [6, 6.07) is 0. The first-order chi connectivity index (χ1) is 9.36. The Hall–Kier alpha value is -0.0800. The van der Waals surface area contributed by atoms with Crippen LogP contribution in [0.5, 0.6) is 0 Å². The maximum atomic E-state index is 6.20. The number of nitrogens with one attached hydrogen (secondary N) is 1. The van der Waals surface area contributed by atoms with Crippen molar-refractivity contribution in [1.29, 1.82) is 0 Å². The molecular formula is C18H35NO. The molecule has 118 valence electrons. The van der Waals surface area contributed by atoms with Gasteiger partial charge in [0, 0.05) is 24.1 Å². The first-order valence-electron chi connectivity index (χ1n) is 8.73. The summed E-state index contributed by atoms with van der Waals surface area (Å²) in [5.74, 6) is 1.68. The summed E-state index contributed by atoms with van der Waals surface area (Å²) >= 11 is 0. The second kappa shape index (κ2) is 6.36. The molecule has 2 fully saturated rings. The summed E-state index contributed by atoms with van der Waals surface area (Å²) in [4.78, 5) is 0. The molecule has 0 radical (unpaired) electrons. The van der Waals surface area contributed by atoms with Crippen LogP contribution in [-0.2, 0) is 4.74 Å². The lowest BCUT2D eigenvalue weighted by Gasteiger charge is -2.39. The molecule has 1 heterocycles. The van der Waals surface area contributed by atoms with Crippen LogP contribution in [0, 0.1) is 17.3 Å². The van der Waals surface area contributed by atoms with Crippen LogP contribution < -0.4 is 5.32 Å². The highest BCUT2D eigenvalue weighted by Crippen LogP contribution is 2.51. The predicted molar refractivity (Wildman–Crippen MR) is 86.0 cm³/mol. The lowest BCUT2D eigenvalue weighted by Crippen LogP contribution is -2.48. The predicted octanol–water partition coefficient (Wildman–Crippen LogP) is 4.39. The smallest absolute Gasteiger partial charge is 0.0672 e. The highest BCUT2D eigenvalue weighted by atomic mass is 16.5. The highest BCUT2D eigenvalue weighted by molar-refractivity contribution is 5.01. The van der Waals surface area contributed by atoms with Gasteiger partial charge in [-0.05, 0) is 58.3 Å². The number of ether oxygens (including phenoxy) is 1. The van der Waals surface area contributed by atoms with Crippen molar-refractivity contribution < 1.29 is 4.74 Å². The van der Waals surface area contributed by atoms with Crippen molar-refractivity contribution in [3.63, 3.8) is 0 Å². The zero-order valence-electron chi connectivity index (χ0n) is 14.3. The normalized spacial score (nSPS) is 32.5. The van der Waals surface area contributed by atoms with Crippen LogP contribution in [0.3, 0.4) is 0 Å². The van der Waals surface area contributed by atoms with Crippen LogP contribution in [0.1, 0.15) is 73.1 Å². The fourth-order valence-corrected chi connectivity index (χ4v) is 3.95. The van der Waals surface area contributed by atoms with E-state index in [4.69, 9.17) is 4.74 Å². The van der Waals surface area contributed by atoms with Gasteiger partial charge in [0.25, 0.3) is 0 Å². The average molecular weight is 281 g/mol. The van der Waals surface area contributed by atoms with Crippen LogP contribution in [0.4, 0.5) is 0 Å². The minimum atomic E-state index is 0.206. The van der Waals surface area contributed by atoms with Gasteiger partial charge in [-0.15, -0.1) is 0 Å². The van der Waals surface area contributed by atoms with Crippen LogP contribution in [-0.4, -0.2) is 24.8 Å². The Morgan fingerprint density at radius 3 is 2.55 bits per heavy atom. The lowest BCUT2D eigenvalue weighted by molar-refractivity contribution is 0.0162. The fraction of sp³-hybridized carbons (Fsp3) is 1.00. The molecule has 1 N–H and O–H groups in total. The quantitative estimate of drug-likeness (QED) is 0.747. The minimum Gasteiger partial charge on any atom is -0.377 e. The van der Waals surface area contributed by atoms with Crippen LogP contribution in [0.25, 0.3) is 0 Å². The fourth-order valence-electron chi connectivity index (χ4n) is 3.95. The van der Waals surface area contributed by atoms with Gasteiger partial charge in [0.05, 0.1) is 6.10 Å². The van der Waals surface area contributed by atoms with E-state index in [1.54, 1.807) is 0 Å². The van der Waals surface area contributed by atoms with E-state index in [0.29, 0.717) is 11.5 Å². The highest BCUT2D eigenvalue weighted by Gasteiger charge is 2.51. The molecule has 2 nitrogen and oxygen atoms in total. The summed E-state index contributed by atoms with van der Waals surface area (Å²) in [7, 11) is 0. The van der Waals surface area contributed by atoms with Crippen LogP contribution in [0.15, 0.2) is 0 Å². The van der Waals surface area contributed by atoms with Gasteiger partial charge in [-0.2, -0.15) is 0 Å². The molecule has 2 rings (SSSR count). The average Bonchev–Trinajstić information content (AvgIpc) is 3.09. The molecule has 0 aromatic rings. The number of hydrogen-bond acceptors (Lipinski definition) is 2. The van der Waals surface area contributed by atoms with Crippen molar-refractivity contribution in [3.8, 4) is 0 Å². The minimum absolute atomic E-state index is 0.206. The van der Waals surface area contributed by atoms with E-state index in [9.17, 15) is 0 Å². The Morgan fingerprint density at radius 2 is 2.00 bits per heavy atom. The topological polar surface area (TPSA) is 21.3 Å². The monoisotopic (exact) mass is 281 g/mol. The van der Waals surface area contributed by atoms with E-state index in [1.807, 2.05) is 0 Å². The van der Waals surface area contributed by atoms with E-state index < -0.39 is 0 Å². The maximum absolute atomic E-state index is 6.20. The standard InChI is InChI=1S/C18H35NO/c1-6-7-14(2)12-18(13-19-17(3,4)5)10-11-20-16(18)15-8-9-15/h14-16,19H,6-13H2,1-5H3. The van der Waals surface area contributed by atoms with E-state index in [1.165, 1.54) is 38.5 Å². The molecule has 0 spiro atoms. The van der Waals surface area contributed by atoms with Gasteiger partial charge in [-0.1, -0.05) is 26.7 Å². The molecule has 1 saturated carbocycles. The van der Waals surface area contributed by atoms with Gasteiger partial charge in [-0.3, -0.25) is 0 Å². The second-order valence-corrected chi connectivity index (χ2v) is 8.44. The molecular weight excluding hydrogens is 246 g/mol. The van der Waals surface area contributed by atoms with Gasteiger partial charge in [-0.25, -0.2) is 0 Å². The summed E-state index contributed by atoms with van der Waals surface area (Å²) in [6.45, 7) is 13.7. The number of rotatable bonds is 7. The van der Waals surface area contributed by atoms with Crippen molar-refractivity contribution in [2.24, 2.45) is 17.3 Å². The number of hydrogen-bond donors (Lipinski definition) is 1. The molecule has 0 bridgehead atoms. The lowest BCUT2D eigenvalue weighted by atomic mass is 9.71. The molecule has 2 aliphatic rings. The zero-order valence-corrected chi connectivity index (χ0v) is 14.3. The third-order valence-electron chi connectivity index (χ3n) is 5.06. The Balaban J connectivity index is 2.05. The van der Waals surface area contributed by atoms with Crippen molar-refractivity contribution in [2.45, 2.75) is 84.8 Å². The van der Waals surface area contributed by atoms with Gasteiger partial charge >= 0.3 is 0 Å². The molecule has 0 amide bonds. The first-order valence-corrected chi connectivity index (χ1v) is 8.73. The van der Waals surface area contributed by atoms with E-state index >= 15 is 0 Å². The summed E-state index contributed by atoms with van der Waals surface area (Å²) in [5.41, 5.74) is 0.598. The summed E-state index contributed by atoms with van der Waals surface area (Å²) < 4.78 is 6.20. The van der Waals surface area contributed by atoms with Crippen molar-refractivity contribution in [2.75, 3.05) is 13.2 Å². The van der Waals surface area contributed by atoms with E-state index in [0.717, 1.165) is 25.0 Å². The molecule has 1 aliphatic carbocycles. The van der Waals surface area contributed by atoms with Crippen molar-refractivity contribution in [3.05, 3.63) is 0 Å². The Bertz CT molecular complexity index is 305. The molecule has 3 unspecified atom stereocenters. The second-order valence-electron chi connectivity index (χ2n) is 8.44. The third kappa shape index (κ3) is 4.21. The Kier molecular flexibility index (Phi) is 5.18. The Morgan fingerprint density at radius 1 is 1.30 bits per heavy atom. The zero-order chi connectivity index (χ0) is 14.8. The van der Waals surface area contributed by atoms with Gasteiger partial charge in [0.2, 0.25) is 0 Å². The maximum Gasteiger partial charge on any atom is 0.0672 e. The summed E-state index contributed by atoms with van der Waals surface area (Å²) in [5, 5.41) is 3.78. The van der Waals surface area contributed by atoms with E-state index in [-0.39, 0.29) is 5.54 Å².